The van der Waals surface area contributed by atoms with Crippen molar-refractivity contribution in [3.63, 3.8) is 0 Å². The second-order valence-corrected chi connectivity index (χ2v) is 8.00. The molecule has 0 aliphatic carbocycles. The fraction of sp³-hybridized carbons (Fsp3) is 0.524. The van der Waals surface area contributed by atoms with Crippen molar-refractivity contribution in [2.24, 2.45) is 11.7 Å². The van der Waals surface area contributed by atoms with Gasteiger partial charge in [-0.2, -0.15) is 0 Å². The molecule has 3 amide bonds. The van der Waals surface area contributed by atoms with E-state index < -0.39 is 59.9 Å². The number of carboxylic acid groups (broad SMARTS) is 1. The lowest BCUT2D eigenvalue weighted by Gasteiger charge is -2.27. The molecule has 1 aromatic carbocycles. The summed E-state index contributed by atoms with van der Waals surface area (Å²) in [5.41, 5.74) is 6.60. The van der Waals surface area contributed by atoms with Crippen LogP contribution in [0.15, 0.2) is 24.3 Å². The van der Waals surface area contributed by atoms with Gasteiger partial charge in [0, 0.05) is 0 Å². The molecule has 5 unspecified atom stereocenters. The summed E-state index contributed by atoms with van der Waals surface area (Å²) in [6, 6.07) is 1.44. The summed E-state index contributed by atoms with van der Waals surface area (Å²) in [6.07, 6.45) is -1.17. The molecule has 0 spiro atoms. The maximum absolute atomic E-state index is 12.7. The number of hydrogen-bond donors (Lipinski definition) is 7. The highest BCUT2D eigenvalue weighted by atomic mass is 16.4. The molecule has 11 heteroatoms. The summed E-state index contributed by atoms with van der Waals surface area (Å²) in [6.45, 7) is 5.89. The average molecular weight is 453 g/mol. The highest BCUT2D eigenvalue weighted by Gasteiger charge is 2.33. The number of phenols is 1. The van der Waals surface area contributed by atoms with Crippen molar-refractivity contribution < 1.29 is 34.5 Å². The number of carbonyl (C=O) groups excluding carboxylic acids is 3. The van der Waals surface area contributed by atoms with Crippen LogP contribution < -0.4 is 21.7 Å². The molecule has 0 aliphatic heterocycles. The van der Waals surface area contributed by atoms with Crippen molar-refractivity contribution >= 4 is 23.7 Å². The van der Waals surface area contributed by atoms with Gasteiger partial charge in [0.05, 0.1) is 12.1 Å². The van der Waals surface area contributed by atoms with Crippen LogP contribution in [0, 0.1) is 5.92 Å². The van der Waals surface area contributed by atoms with Gasteiger partial charge in [-0.05, 0) is 43.9 Å². The molecule has 0 aromatic heterocycles. The number of aromatic hydroxyl groups is 1. The first-order valence-corrected chi connectivity index (χ1v) is 10.2. The second kappa shape index (κ2) is 12.0. The van der Waals surface area contributed by atoms with E-state index in [1.807, 2.05) is 0 Å². The molecule has 1 aromatic rings. The molecule has 0 aliphatic rings. The minimum atomic E-state index is -1.39. The van der Waals surface area contributed by atoms with Gasteiger partial charge in [-0.3, -0.25) is 19.2 Å². The van der Waals surface area contributed by atoms with Gasteiger partial charge in [0.1, 0.15) is 23.9 Å². The first kappa shape index (κ1) is 26.9. The Labute approximate surface area is 186 Å². The van der Waals surface area contributed by atoms with Crippen LogP contribution in [0.4, 0.5) is 0 Å². The normalized spacial score (nSPS) is 15.7. The second-order valence-electron chi connectivity index (χ2n) is 8.00. The zero-order chi connectivity index (χ0) is 24.6. The minimum absolute atomic E-state index is 0.0686. The molecule has 0 saturated heterocycles. The van der Waals surface area contributed by atoms with E-state index in [-0.39, 0.29) is 12.2 Å². The number of benzene rings is 1. The first-order valence-electron chi connectivity index (χ1n) is 10.2. The topological polar surface area (TPSA) is 191 Å². The smallest absolute Gasteiger partial charge is 0.325 e. The van der Waals surface area contributed by atoms with E-state index in [9.17, 15) is 29.4 Å². The van der Waals surface area contributed by atoms with Crippen molar-refractivity contribution in [2.45, 2.75) is 64.4 Å². The maximum atomic E-state index is 12.7. The van der Waals surface area contributed by atoms with Gasteiger partial charge >= 0.3 is 5.97 Å². The minimum Gasteiger partial charge on any atom is -0.508 e. The Bertz CT molecular complexity index is 811. The number of nitrogens with two attached hydrogens (primary N) is 1. The van der Waals surface area contributed by atoms with Crippen molar-refractivity contribution in [3.05, 3.63) is 29.8 Å². The van der Waals surface area contributed by atoms with Gasteiger partial charge in [-0.25, -0.2) is 0 Å². The molecule has 0 saturated carbocycles. The third-order valence-electron chi connectivity index (χ3n) is 4.77. The number of carbonyl (C=O) groups is 4. The molecular formula is C21H32N4O7. The van der Waals surface area contributed by atoms with Crippen LogP contribution in [0.2, 0.25) is 0 Å². The van der Waals surface area contributed by atoms with Gasteiger partial charge in [-0.1, -0.05) is 26.0 Å². The van der Waals surface area contributed by atoms with Crippen molar-refractivity contribution in [2.75, 3.05) is 0 Å². The molecule has 5 atom stereocenters. The van der Waals surface area contributed by atoms with E-state index >= 15 is 0 Å². The summed E-state index contributed by atoms with van der Waals surface area (Å²) >= 11 is 0. The van der Waals surface area contributed by atoms with E-state index in [2.05, 4.69) is 16.0 Å². The first-order chi connectivity index (χ1) is 14.8. The lowest BCUT2D eigenvalue weighted by molar-refractivity contribution is -0.142. The molecule has 11 nitrogen and oxygen atoms in total. The number of aliphatic carboxylic acids is 1. The monoisotopic (exact) mass is 452 g/mol. The van der Waals surface area contributed by atoms with Gasteiger partial charge in [0.25, 0.3) is 0 Å². The van der Waals surface area contributed by atoms with Gasteiger partial charge < -0.3 is 37.0 Å². The molecule has 0 radical (unpaired) electrons. The van der Waals surface area contributed by atoms with E-state index in [0.717, 1.165) is 0 Å². The van der Waals surface area contributed by atoms with Crippen LogP contribution in [0.3, 0.4) is 0 Å². The van der Waals surface area contributed by atoms with Crippen LogP contribution in [0.1, 0.15) is 33.3 Å². The Hall–Kier alpha value is -3.18. The predicted octanol–water partition coefficient (Wildman–Crippen LogP) is -1.14. The van der Waals surface area contributed by atoms with Gasteiger partial charge in [0.15, 0.2) is 0 Å². The average Bonchev–Trinajstić information content (AvgIpc) is 2.70. The van der Waals surface area contributed by atoms with Gasteiger partial charge in [0.2, 0.25) is 17.7 Å². The highest BCUT2D eigenvalue weighted by molar-refractivity contribution is 5.94. The van der Waals surface area contributed by atoms with Gasteiger partial charge in [-0.15, -0.1) is 0 Å². The number of hydrogen-bond acceptors (Lipinski definition) is 7. The van der Waals surface area contributed by atoms with Crippen LogP contribution in [-0.4, -0.2) is 69.3 Å². The molecule has 8 N–H and O–H groups in total. The zero-order valence-corrected chi connectivity index (χ0v) is 18.5. The molecule has 178 valence electrons. The van der Waals surface area contributed by atoms with Crippen molar-refractivity contribution in [1.29, 1.82) is 0 Å². The quantitative estimate of drug-likeness (QED) is 0.219. The van der Waals surface area contributed by atoms with Crippen LogP contribution in [0.25, 0.3) is 0 Å². The fourth-order valence-electron chi connectivity index (χ4n) is 2.79. The Morgan fingerprint density at radius 3 is 1.84 bits per heavy atom. The molecule has 0 heterocycles. The van der Waals surface area contributed by atoms with E-state index in [0.29, 0.717) is 5.56 Å². The van der Waals surface area contributed by atoms with E-state index in [1.54, 1.807) is 26.0 Å². The largest absolute Gasteiger partial charge is 0.508 e. The SMILES string of the molecule is CC(NC(=O)C(NC(=O)C(NC(=O)C(N)Cc1ccc(O)cc1)C(C)O)C(C)C)C(=O)O. The summed E-state index contributed by atoms with van der Waals surface area (Å²) in [5.74, 6) is -3.78. The highest BCUT2D eigenvalue weighted by Crippen LogP contribution is 2.11. The number of phenolic OH excluding ortho intramolecular Hbond substituents is 1. The number of aliphatic hydroxyl groups excluding tert-OH is 1. The number of rotatable bonds is 11. The molecule has 0 bridgehead atoms. The Kier molecular flexibility index (Phi) is 10.1. The third kappa shape index (κ3) is 8.16. The Morgan fingerprint density at radius 1 is 0.875 bits per heavy atom. The van der Waals surface area contributed by atoms with Crippen molar-refractivity contribution in [3.8, 4) is 5.75 Å². The van der Waals surface area contributed by atoms with Crippen LogP contribution in [0.5, 0.6) is 5.75 Å². The van der Waals surface area contributed by atoms with E-state index in [1.165, 1.54) is 26.0 Å². The fourth-order valence-corrected chi connectivity index (χ4v) is 2.79. The number of amides is 3. The maximum Gasteiger partial charge on any atom is 0.325 e. The molecule has 32 heavy (non-hydrogen) atoms. The Balaban J connectivity index is 2.84. The summed E-state index contributed by atoms with van der Waals surface area (Å²) < 4.78 is 0. The molecular weight excluding hydrogens is 420 g/mol. The lowest BCUT2D eigenvalue weighted by atomic mass is 10.0. The third-order valence-corrected chi connectivity index (χ3v) is 4.77. The van der Waals surface area contributed by atoms with Crippen LogP contribution >= 0.6 is 0 Å². The lowest BCUT2D eigenvalue weighted by Crippen LogP contribution is -2.60. The molecule has 1 rings (SSSR count). The van der Waals surface area contributed by atoms with E-state index in [4.69, 9.17) is 10.8 Å². The summed E-state index contributed by atoms with van der Waals surface area (Å²) in [5, 5.41) is 35.4. The zero-order valence-electron chi connectivity index (χ0n) is 18.5. The standard InChI is InChI=1S/C21H32N4O7/c1-10(2)16(19(29)23-11(3)21(31)32)24-20(30)17(12(4)26)25-18(28)15(22)9-13-5-7-14(27)8-6-13/h5-8,10-12,15-17,26-27H,9,22H2,1-4H3,(H,23,29)(H,24,30)(H,25,28)(H,31,32). The predicted molar refractivity (Wildman–Crippen MR) is 115 cm³/mol. The summed E-state index contributed by atoms with van der Waals surface area (Å²) in [4.78, 5) is 48.6. The number of carboxylic acids is 1. The Morgan fingerprint density at radius 2 is 1.38 bits per heavy atom. The number of aliphatic hydroxyl groups is 1. The number of nitrogens with one attached hydrogen (secondary N) is 3. The van der Waals surface area contributed by atoms with Crippen LogP contribution in [-0.2, 0) is 25.6 Å². The molecule has 0 fully saturated rings. The summed E-state index contributed by atoms with van der Waals surface area (Å²) in [7, 11) is 0. The van der Waals surface area contributed by atoms with Crippen molar-refractivity contribution in [1.82, 2.24) is 16.0 Å².